The zero-order valence-corrected chi connectivity index (χ0v) is 17.8. The third kappa shape index (κ3) is 4.07. The molecule has 1 aliphatic carbocycles. The number of carbonyl (C=O) groups is 2. The Kier molecular flexibility index (Phi) is 6.23. The number of nitrogens with zero attached hydrogens (tertiary/aromatic N) is 2. The van der Waals surface area contributed by atoms with Gasteiger partial charge in [0.1, 0.15) is 6.61 Å². The first-order valence-electron chi connectivity index (χ1n) is 11.3. The molecule has 29 heavy (non-hydrogen) atoms. The van der Waals surface area contributed by atoms with Gasteiger partial charge in [-0.15, -0.1) is 0 Å². The first-order chi connectivity index (χ1) is 14.1. The Bertz CT molecular complexity index is 743. The average Bonchev–Trinajstić information content (AvgIpc) is 3.31. The number of rotatable bonds is 5. The van der Waals surface area contributed by atoms with E-state index in [1.807, 2.05) is 17.9 Å². The van der Waals surface area contributed by atoms with Crippen LogP contribution >= 0.6 is 0 Å². The van der Waals surface area contributed by atoms with Crippen molar-refractivity contribution >= 4 is 11.8 Å². The molecule has 4 rings (SSSR count). The molecule has 0 bridgehead atoms. The van der Waals surface area contributed by atoms with Gasteiger partial charge in [0.05, 0.1) is 6.04 Å². The van der Waals surface area contributed by atoms with Gasteiger partial charge in [-0.3, -0.25) is 9.59 Å². The molecule has 1 saturated carbocycles. The van der Waals surface area contributed by atoms with Crippen LogP contribution in [0.15, 0.2) is 24.3 Å². The van der Waals surface area contributed by atoms with E-state index in [4.69, 9.17) is 4.74 Å². The molecule has 3 atom stereocenters. The molecule has 158 valence electrons. The number of amides is 2. The SMILES string of the molecule is CCOCC(=O)N1C[C@@H]2CN(C(=O)C3CCCCC3)C[C@@H]2[C@H]1c1ccccc1C. The molecule has 3 fully saturated rings. The van der Waals surface area contributed by atoms with E-state index in [1.54, 1.807) is 0 Å². The van der Waals surface area contributed by atoms with E-state index >= 15 is 0 Å². The summed E-state index contributed by atoms with van der Waals surface area (Å²) < 4.78 is 5.43. The Balaban J connectivity index is 1.54. The van der Waals surface area contributed by atoms with Crippen molar-refractivity contribution < 1.29 is 14.3 Å². The second-order valence-corrected chi connectivity index (χ2v) is 8.99. The quantitative estimate of drug-likeness (QED) is 0.762. The van der Waals surface area contributed by atoms with Gasteiger partial charge in [0.2, 0.25) is 11.8 Å². The van der Waals surface area contributed by atoms with Crippen LogP contribution in [0, 0.1) is 24.7 Å². The summed E-state index contributed by atoms with van der Waals surface area (Å²) in [7, 11) is 0. The zero-order valence-electron chi connectivity index (χ0n) is 17.8. The van der Waals surface area contributed by atoms with Crippen molar-refractivity contribution in [2.45, 2.75) is 52.0 Å². The fourth-order valence-electron chi connectivity index (χ4n) is 5.68. The molecule has 1 aromatic carbocycles. The van der Waals surface area contributed by atoms with Gasteiger partial charge in [-0.1, -0.05) is 43.5 Å². The number of benzene rings is 1. The van der Waals surface area contributed by atoms with Crippen molar-refractivity contribution in [1.29, 1.82) is 0 Å². The van der Waals surface area contributed by atoms with Crippen molar-refractivity contribution in [3.05, 3.63) is 35.4 Å². The van der Waals surface area contributed by atoms with Gasteiger partial charge in [-0.2, -0.15) is 0 Å². The molecule has 2 amide bonds. The summed E-state index contributed by atoms with van der Waals surface area (Å²) in [6, 6.07) is 8.41. The summed E-state index contributed by atoms with van der Waals surface area (Å²) in [5.41, 5.74) is 2.43. The number of likely N-dealkylation sites (tertiary alicyclic amines) is 2. The van der Waals surface area contributed by atoms with Crippen molar-refractivity contribution in [1.82, 2.24) is 9.80 Å². The first kappa shape index (κ1) is 20.4. The van der Waals surface area contributed by atoms with Gasteiger partial charge in [0.25, 0.3) is 0 Å². The monoisotopic (exact) mass is 398 g/mol. The fourth-order valence-corrected chi connectivity index (χ4v) is 5.68. The summed E-state index contributed by atoms with van der Waals surface area (Å²) in [6.45, 7) is 7.02. The molecule has 2 saturated heterocycles. The molecule has 0 spiro atoms. The average molecular weight is 399 g/mol. The third-order valence-corrected chi connectivity index (χ3v) is 7.19. The largest absolute Gasteiger partial charge is 0.372 e. The third-order valence-electron chi connectivity index (χ3n) is 7.19. The van der Waals surface area contributed by atoms with Gasteiger partial charge in [0.15, 0.2) is 0 Å². The Hall–Kier alpha value is -1.88. The molecule has 0 aromatic heterocycles. The van der Waals surface area contributed by atoms with E-state index in [1.165, 1.54) is 30.4 Å². The maximum absolute atomic E-state index is 13.1. The number of aryl methyl sites for hydroxylation is 1. The maximum Gasteiger partial charge on any atom is 0.249 e. The minimum Gasteiger partial charge on any atom is -0.372 e. The fraction of sp³-hybridized carbons (Fsp3) is 0.667. The number of ether oxygens (including phenoxy) is 1. The molecule has 1 aromatic rings. The van der Waals surface area contributed by atoms with Gasteiger partial charge >= 0.3 is 0 Å². The van der Waals surface area contributed by atoms with Crippen LogP contribution in [0.1, 0.15) is 56.2 Å². The molecule has 0 radical (unpaired) electrons. The van der Waals surface area contributed by atoms with E-state index < -0.39 is 0 Å². The van der Waals surface area contributed by atoms with Crippen molar-refractivity contribution in [2.75, 3.05) is 32.8 Å². The number of fused-ring (bicyclic) bond motifs is 1. The lowest BCUT2D eigenvalue weighted by Crippen LogP contribution is -2.41. The predicted molar refractivity (Wildman–Crippen MR) is 112 cm³/mol. The Morgan fingerprint density at radius 3 is 2.55 bits per heavy atom. The number of hydrogen-bond acceptors (Lipinski definition) is 3. The topological polar surface area (TPSA) is 49.9 Å². The van der Waals surface area contributed by atoms with E-state index in [2.05, 4.69) is 30.0 Å². The maximum atomic E-state index is 13.1. The van der Waals surface area contributed by atoms with Crippen molar-refractivity contribution in [3.8, 4) is 0 Å². The summed E-state index contributed by atoms with van der Waals surface area (Å²) in [5.74, 6) is 1.32. The van der Waals surface area contributed by atoms with Crippen LogP contribution in [0.5, 0.6) is 0 Å². The smallest absolute Gasteiger partial charge is 0.249 e. The molecule has 3 aliphatic rings. The summed E-state index contributed by atoms with van der Waals surface area (Å²) in [4.78, 5) is 30.2. The van der Waals surface area contributed by atoms with E-state index in [0.717, 1.165) is 32.5 Å². The van der Waals surface area contributed by atoms with E-state index in [-0.39, 0.29) is 24.5 Å². The molecular formula is C24H34N2O3. The lowest BCUT2D eigenvalue weighted by Gasteiger charge is -2.32. The van der Waals surface area contributed by atoms with Crippen LogP contribution in [0.2, 0.25) is 0 Å². The van der Waals surface area contributed by atoms with Crippen LogP contribution in [0.25, 0.3) is 0 Å². The van der Waals surface area contributed by atoms with Crippen LogP contribution in [-0.2, 0) is 14.3 Å². The molecule has 2 heterocycles. The Morgan fingerprint density at radius 1 is 1.07 bits per heavy atom. The van der Waals surface area contributed by atoms with Gasteiger partial charge in [-0.25, -0.2) is 0 Å². The highest BCUT2D eigenvalue weighted by atomic mass is 16.5. The molecule has 0 N–H and O–H groups in total. The highest BCUT2D eigenvalue weighted by Crippen LogP contribution is 2.46. The molecule has 5 heteroatoms. The minimum absolute atomic E-state index is 0.0401. The Labute approximate surface area is 174 Å². The summed E-state index contributed by atoms with van der Waals surface area (Å²) >= 11 is 0. The lowest BCUT2D eigenvalue weighted by molar-refractivity contribution is -0.138. The molecular weight excluding hydrogens is 364 g/mol. The number of hydrogen-bond donors (Lipinski definition) is 0. The van der Waals surface area contributed by atoms with Gasteiger partial charge in [-0.05, 0) is 37.8 Å². The normalized spacial score (nSPS) is 27.3. The minimum atomic E-state index is 0.0401. The summed E-state index contributed by atoms with van der Waals surface area (Å²) in [5, 5.41) is 0. The van der Waals surface area contributed by atoms with Crippen LogP contribution in [-0.4, -0.2) is 54.5 Å². The molecule has 5 nitrogen and oxygen atoms in total. The standard InChI is InChI=1S/C24H34N2O3/c1-3-29-16-22(27)26-14-19-13-25(24(28)18-10-5-4-6-11-18)15-21(19)23(26)20-12-8-7-9-17(20)2/h7-9,12,18-19,21,23H,3-6,10-11,13-16H2,1-2H3/t19-,21-,23+/m0/s1. The predicted octanol–water partition coefficient (Wildman–Crippen LogP) is 3.57. The van der Waals surface area contributed by atoms with E-state index in [9.17, 15) is 9.59 Å². The molecule has 2 aliphatic heterocycles. The second-order valence-electron chi connectivity index (χ2n) is 8.99. The van der Waals surface area contributed by atoms with Crippen LogP contribution < -0.4 is 0 Å². The second kappa shape index (κ2) is 8.86. The van der Waals surface area contributed by atoms with Crippen LogP contribution in [0.3, 0.4) is 0 Å². The zero-order chi connectivity index (χ0) is 20.4. The molecule has 0 unspecified atom stereocenters. The Morgan fingerprint density at radius 2 is 1.83 bits per heavy atom. The first-order valence-corrected chi connectivity index (χ1v) is 11.3. The van der Waals surface area contributed by atoms with Gasteiger partial charge in [0, 0.05) is 44.0 Å². The highest BCUT2D eigenvalue weighted by molar-refractivity contribution is 5.80. The van der Waals surface area contributed by atoms with Crippen molar-refractivity contribution in [2.24, 2.45) is 17.8 Å². The van der Waals surface area contributed by atoms with Crippen LogP contribution in [0.4, 0.5) is 0 Å². The van der Waals surface area contributed by atoms with Gasteiger partial charge < -0.3 is 14.5 Å². The number of carbonyl (C=O) groups excluding carboxylic acids is 2. The van der Waals surface area contributed by atoms with Crippen molar-refractivity contribution in [3.63, 3.8) is 0 Å². The van der Waals surface area contributed by atoms with E-state index in [0.29, 0.717) is 24.3 Å². The lowest BCUT2D eigenvalue weighted by atomic mass is 9.87. The highest BCUT2D eigenvalue weighted by Gasteiger charge is 2.50. The summed E-state index contributed by atoms with van der Waals surface area (Å²) in [6.07, 6.45) is 5.72.